The van der Waals surface area contributed by atoms with Gasteiger partial charge < -0.3 is 8.98 Å². The third-order valence-corrected chi connectivity index (χ3v) is 9.49. The van der Waals surface area contributed by atoms with Crippen LogP contribution in [-0.2, 0) is 0 Å². The van der Waals surface area contributed by atoms with Gasteiger partial charge in [-0.25, -0.2) is 15.0 Å². The fourth-order valence-corrected chi connectivity index (χ4v) is 7.16. The van der Waals surface area contributed by atoms with E-state index in [0.717, 1.165) is 11.1 Å². The Morgan fingerprint density at radius 1 is 0.462 bits per heavy atom. The summed E-state index contributed by atoms with van der Waals surface area (Å²) in [5.74, 6) is 1.41. The van der Waals surface area contributed by atoms with Crippen LogP contribution in [0.5, 0.6) is 0 Å². The number of hydrogen-bond donors (Lipinski definition) is 0. The van der Waals surface area contributed by atoms with Crippen LogP contribution in [-0.4, -0.2) is 19.5 Å². The second-order valence-corrected chi connectivity index (χ2v) is 12.5. The molecule has 5 nitrogen and oxygen atoms in total. The topological polar surface area (TPSA) is 56.7 Å². The quantitative estimate of drug-likeness (QED) is 0.186. The normalized spacial score (nSPS) is 14.5. The van der Waals surface area contributed by atoms with Gasteiger partial charge in [-0.3, -0.25) is 0 Å². The van der Waals surface area contributed by atoms with E-state index in [0.29, 0.717) is 61.4 Å². The van der Waals surface area contributed by atoms with Gasteiger partial charge in [0, 0.05) is 38.2 Å². The summed E-state index contributed by atoms with van der Waals surface area (Å²) in [7, 11) is 0. The predicted molar refractivity (Wildman–Crippen MR) is 213 cm³/mol. The first kappa shape index (κ1) is 20.5. The molecule has 0 saturated carbocycles. The Morgan fingerprint density at radius 2 is 1.12 bits per heavy atom. The van der Waals surface area contributed by atoms with E-state index in [9.17, 15) is 5.48 Å². The van der Waals surface area contributed by atoms with Crippen LogP contribution in [0.1, 0.15) is 13.7 Å². The molecule has 0 spiro atoms. The molecule has 3 heterocycles. The van der Waals surface area contributed by atoms with Crippen molar-refractivity contribution in [1.82, 2.24) is 19.5 Å². The highest BCUT2D eigenvalue weighted by Gasteiger charge is 2.22. The van der Waals surface area contributed by atoms with E-state index in [4.69, 9.17) is 27.6 Å². The second-order valence-electron chi connectivity index (χ2n) is 12.5. The summed E-state index contributed by atoms with van der Waals surface area (Å²) in [6.45, 7) is 0. The van der Waals surface area contributed by atoms with E-state index in [-0.39, 0.29) is 32.6 Å². The first-order valence-electron chi connectivity index (χ1n) is 21.6. The van der Waals surface area contributed by atoms with Crippen molar-refractivity contribution < 1.29 is 18.1 Å². The van der Waals surface area contributed by atoms with Gasteiger partial charge >= 0.3 is 0 Å². The molecule has 0 aliphatic carbocycles. The lowest BCUT2D eigenvalue weighted by Crippen LogP contribution is -2.00. The summed E-state index contributed by atoms with van der Waals surface area (Å²) in [5.41, 5.74) is 3.60. The van der Waals surface area contributed by atoms with E-state index in [1.807, 2.05) is 109 Å². The molecule has 0 aliphatic heterocycles. The number of para-hydroxylation sites is 2. The van der Waals surface area contributed by atoms with Crippen LogP contribution >= 0.6 is 0 Å². The minimum absolute atomic E-state index is 0.0100. The Balaban J connectivity index is 1.28. The highest BCUT2D eigenvalue weighted by Crippen LogP contribution is 2.44. The molecule has 0 amide bonds. The third-order valence-electron chi connectivity index (χ3n) is 9.49. The van der Waals surface area contributed by atoms with Crippen molar-refractivity contribution in [3.8, 4) is 39.9 Å². The third kappa shape index (κ3) is 4.33. The zero-order chi connectivity index (χ0) is 42.9. The first-order chi connectivity index (χ1) is 29.9. The van der Waals surface area contributed by atoms with Crippen LogP contribution in [0.2, 0.25) is 0 Å². The van der Waals surface area contributed by atoms with Crippen LogP contribution in [0, 0.1) is 0 Å². The minimum atomic E-state index is -0.578. The maximum atomic E-state index is 9.49. The molecule has 0 aliphatic rings. The van der Waals surface area contributed by atoms with Crippen molar-refractivity contribution in [1.29, 1.82) is 0 Å². The summed E-state index contributed by atoms with van der Waals surface area (Å²) in [4.78, 5) is 14.7. The average Bonchev–Trinajstić information content (AvgIpc) is 3.88. The molecule has 5 heteroatoms. The Kier molecular flexibility index (Phi) is 4.42. The smallest absolute Gasteiger partial charge is 0.164 e. The van der Waals surface area contributed by atoms with Crippen LogP contribution < -0.4 is 0 Å². The molecule has 0 radical (unpaired) electrons. The highest BCUT2D eigenvalue weighted by atomic mass is 16.3. The van der Waals surface area contributed by atoms with E-state index < -0.39 is 60.4 Å². The number of fused-ring (bicyclic) bond motifs is 10. The van der Waals surface area contributed by atoms with E-state index in [1.54, 1.807) is 0 Å². The maximum Gasteiger partial charge on any atom is 0.164 e. The number of nitrogens with zero attached hydrogens (tertiary/aromatic N) is 4. The lowest BCUT2D eigenvalue weighted by Gasteiger charge is -2.13. The highest BCUT2D eigenvalue weighted by molar-refractivity contribution is 6.24. The minimum Gasteiger partial charge on any atom is -0.455 e. The number of hydrogen-bond acceptors (Lipinski definition) is 4. The van der Waals surface area contributed by atoms with Gasteiger partial charge in [-0.15, -0.1) is 0 Å². The number of benzene rings is 8. The molecule has 11 rings (SSSR count). The van der Waals surface area contributed by atoms with Crippen molar-refractivity contribution >= 4 is 65.3 Å². The SMILES string of the molecule is [2H]c1c([2H])c([2H])c2c(c1[2H])c([2H])c([2H])c1c2c2c([2H])c([2H])c([2H])c([2H])c2n1-c1cc2ccc(-c3nc(-c4ccccc4)nc(-c4ccccc4)n3)cc2c2oc3ccccc3c12. The number of furan rings is 1. The number of rotatable bonds is 4. The van der Waals surface area contributed by atoms with Gasteiger partial charge in [-0.2, -0.15) is 0 Å². The van der Waals surface area contributed by atoms with Gasteiger partial charge in [-0.1, -0.05) is 139 Å². The molecule has 0 atom stereocenters. The molecule has 0 N–H and O–H groups in total. The molecule has 52 heavy (non-hydrogen) atoms. The molecular weight excluding hydrogens is 637 g/mol. The summed E-state index contributed by atoms with van der Waals surface area (Å²) in [5, 5.41) is 2.20. The van der Waals surface area contributed by atoms with Crippen molar-refractivity contribution in [2.75, 3.05) is 0 Å². The molecule has 8 aromatic carbocycles. The van der Waals surface area contributed by atoms with Gasteiger partial charge in [0.05, 0.1) is 35.8 Å². The fraction of sp³-hybridized carbons (Fsp3) is 0. The average molecular weight is 675 g/mol. The number of aromatic nitrogens is 4. The van der Waals surface area contributed by atoms with E-state index in [1.165, 1.54) is 4.57 Å². The van der Waals surface area contributed by atoms with Crippen LogP contribution in [0.15, 0.2) is 174 Å². The van der Waals surface area contributed by atoms with Crippen LogP contribution in [0.25, 0.3) is 105 Å². The molecule has 0 fully saturated rings. The van der Waals surface area contributed by atoms with Crippen molar-refractivity contribution in [3.63, 3.8) is 0 Å². The Morgan fingerprint density at radius 3 is 1.88 bits per heavy atom. The van der Waals surface area contributed by atoms with Crippen molar-refractivity contribution in [3.05, 3.63) is 170 Å². The molecule has 0 unspecified atom stereocenters. The summed E-state index contributed by atoms with van der Waals surface area (Å²) in [6, 6.07) is 29.2. The van der Waals surface area contributed by atoms with Gasteiger partial charge in [-0.05, 0) is 46.4 Å². The van der Waals surface area contributed by atoms with Gasteiger partial charge in [0.2, 0.25) is 0 Å². The molecule has 0 saturated heterocycles. The van der Waals surface area contributed by atoms with E-state index >= 15 is 0 Å². The lowest BCUT2D eigenvalue weighted by molar-refractivity contribution is 0.672. The Bertz CT molecular complexity index is 3700. The monoisotopic (exact) mass is 674 g/mol. The molecule has 11 aromatic rings. The van der Waals surface area contributed by atoms with Crippen LogP contribution in [0.4, 0.5) is 0 Å². The molecule has 242 valence electrons. The molecule has 3 aromatic heterocycles. The van der Waals surface area contributed by atoms with Gasteiger partial charge in [0.25, 0.3) is 0 Å². The largest absolute Gasteiger partial charge is 0.455 e. The molecular formula is C47H28N4O. The van der Waals surface area contributed by atoms with Gasteiger partial charge in [0.15, 0.2) is 17.5 Å². The lowest BCUT2D eigenvalue weighted by atomic mass is 10.0. The van der Waals surface area contributed by atoms with Crippen molar-refractivity contribution in [2.24, 2.45) is 0 Å². The van der Waals surface area contributed by atoms with Gasteiger partial charge in [0.1, 0.15) is 11.2 Å². The predicted octanol–water partition coefficient (Wildman–Crippen LogP) is 12.2. The summed E-state index contributed by atoms with van der Waals surface area (Å²) in [6.07, 6.45) is 0. The zero-order valence-corrected chi connectivity index (χ0v) is 27.1. The molecule has 0 bridgehead atoms. The summed E-state index contributed by atoms with van der Waals surface area (Å²) >= 11 is 0. The zero-order valence-electron chi connectivity index (χ0n) is 37.1. The summed E-state index contributed by atoms with van der Waals surface area (Å²) < 4.78 is 97.7. The Labute approximate surface area is 312 Å². The first-order valence-corrected chi connectivity index (χ1v) is 16.6. The Hall–Kier alpha value is -7.11. The maximum absolute atomic E-state index is 9.49. The second kappa shape index (κ2) is 11.2. The standard InChI is InChI=1S/C47H28N4O/c1-3-14-30(15-4-1)45-48-46(31-16-5-2-6-17-31)50-47(49-45)33-24-23-32-28-40(43-36-20-10-12-22-41(36)52-44(43)37(32)27-33)51-38-21-11-9-19-35(38)42-34-18-8-7-13-29(34)25-26-39(42)51/h1-28H/i7D,8D,9D,11D,13D,18D,19D,21D,25D,26D. The fourth-order valence-electron chi connectivity index (χ4n) is 7.16. The van der Waals surface area contributed by atoms with Crippen molar-refractivity contribution in [2.45, 2.75) is 0 Å². The van der Waals surface area contributed by atoms with Crippen LogP contribution in [0.3, 0.4) is 0 Å². The van der Waals surface area contributed by atoms with E-state index in [2.05, 4.69) is 0 Å².